The number of aromatic nitrogens is 5. The molecule has 5 rings (SSSR count). The van der Waals surface area contributed by atoms with Crippen molar-refractivity contribution in [3.63, 3.8) is 0 Å². The molecule has 0 radical (unpaired) electrons. The Bertz CT molecular complexity index is 1210. The Morgan fingerprint density at radius 2 is 1.95 bits per heavy atom. The minimum Gasteiger partial charge on any atom is -0.391 e. The molecular weight excluding hydrogens is 503 g/mol. The molecule has 2 unspecified atom stereocenters. The summed E-state index contributed by atoms with van der Waals surface area (Å²) in [6, 6.07) is -1.72. The lowest BCUT2D eigenvalue weighted by Crippen LogP contribution is -2.50. The van der Waals surface area contributed by atoms with E-state index in [1.54, 1.807) is 10.9 Å². The van der Waals surface area contributed by atoms with E-state index in [9.17, 15) is 27.9 Å². The average molecular weight is 538 g/mol. The Hall–Kier alpha value is -2.96. The van der Waals surface area contributed by atoms with Crippen molar-refractivity contribution in [2.75, 3.05) is 6.54 Å². The molecule has 2 fully saturated rings. The zero-order chi connectivity index (χ0) is 27.4. The van der Waals surface area contributed by atoms with Gasteiger partial charge in [-0.15, -0.1) is 5.10 Å². The SMILES string of the molecule is CC(C)(C)[C@@H](C(=O)N1CC(O)CC1C(=O)NCc1nc(C(F)(F)F)n2c1CCCC2)n1cc(C2CC2)nn1. The maximum Gasteiger partial charge on any atom is 0.449 e. The summed E-state index contributed by atoms with van der Waals surface area (Å²) in [7, 11) is 0. The molecule has 0 aromatic carbocycles. The van der Waals surface area contributed by atoms with Gasteiger partial charge in [0.15, 0.2) is 0 Å². The second-order valence-electron chi connectivity index (χ2n) is 11.7. The first-order chi connectivity index (χ1) is 17.8. The van der Waals surface area contributed by atoms with Crippen molar-refractivity contribution in [2.45, 2.75) is 103 Å². The highest BCUT2D eigenvalue weighted by Crippen LogP contribution is 2.40. The van der Waals surface area contributed by atoms with Gasteiger partial charge < -0.3 is 19.9 Å². The molecule has 3 aliphatic rings. The van der Waals surface area contributed by atoms with Crippen LogP contribution >= 0.6 is 0 Å². The van der Waals surface area contributed by atoms with Gasteiger partial charge in [0, 0.05) is 37.3 Å². The standard InChI is InChI=1S/C25H34F3N7O3/c1-24(2,3)20(35-13-17(31-32-35)14-7-8-14)22(38)34-12-15(36)10-19(34)21(37)29-11-16-18-6-4-5-9-33(18)23(30-16)25(26,27)28/h13-15,19-20,36H,4-12H2,1-3H3,(H,29,37)/t15?,19?,20-/m1/s1. The summed E-state index contributed by atoms with van der Waals surface area (Å²) in [6.45, 7) is 5.73. The second-order valence-corrected chi connectivity index (χ2v) is 11.7. The van der Waals surface area contributed by atoms with Crippen molar-refractivity contribution in [1.29, 1.82) is 0 Å². The quantitative estimate of drug-likeness (QED) is 0.585. The Morgan fingerprint density at radius 1 is 1.21 bits per heavy atom. The van der Waals surface area contributed by atoms with Gasteiger partial charge in [0.2, 0.25) is 17.6 Å². The number of carbonyl (C=O) groups is 2. The maximum atomic E-state index is 13.8. The van der Waals surface area contributed by atoms with Gasteiger partial charge >= 0.3 is 6.18 Å². The molecule has 38 heavy (non-hydrogen) atoms. The van der Waals surface area contributed by atoms with Crippen LogP contribution in [-0.2, 0) is 35.3 Å². The van der Waals surface area contributed by atoms with Crippen molar-refractivity contribution in [3.05, 3.63) is 29.1 Å². The number of fused-ring (bicyclic) bond motifs is 1. The summed E-state index contributed by atoms with van der Waals surface area (Å²) in [6.07, 6.45) is 0.255. The summed E-state index contributed by atoms with van der Waals surface area (Å²) >= 11 is 0. The van der Waals surface area contributed by atoms with Gasteiger partial charge in [0.25, 0.3) is 0 Å². The predicted molar refractivity (Wildman–Crippen MR) is 129 cm³/mol. The molecule has 208 valence electrons. The molecule has 2 amide bonds. The number of alkyl halides is 3. The summed E-state index contributed by atoms with van der Waals surface area (Å²) in [5.74, 6) is -1.49. The zero-order valence-corrected chi connectivity index (χ0v) is 21.8. The van der Waals surface area contributed by atoms with Crippen LogP contribution in [0.15, 0.2) is 6.20 Å². The molecule has 2 aromatic heterocycles. The number of nitrogens with one attached hydrogen (secondary N) is 1. The van der Waals surface area contributed by atoms with E-state index in [-0.39, 0.29) is 37.7 Å². The number of likely N-dealkylation sites (tertiary alicyclic amines) is 1. The van der Waals surface area contributed by atoms with E-state index in [2.05, 4.69) is 20.6 Å². The minimum absolute atomic E-state index is 0.0220. The lowest BCUT2D eigenvalue weighted by Gasteiger charge is -2.34. The minimum atomic E-state index is -4.59. The lowest BCUT2D eigenvalue weighted by atomic mass is 9.85. The predicted octanol–water partition coefficient (Wildman–Crippen LogP) is 2.57. The molecule has 1 aliphatic carbocycles. The molecule has 3 atom stereocenters. The van der Waals surface area contributed by atoms with Gasteiger partial charge in [-0.1, -0.05) is 26.0 Å². The van der Waals surface area contributed by atoms with Crippen LogP contribution in [0.2, 0.25) is 0 Å². The Morgan fingerprint density at radius 3 is 2.61 bits per heavy atom. The molecular formula is C25H34F3N7O3. The summed E-state index contributed by atoms with van der Waals surface area (Å²) < 4.78 is 43.3. The Kier molecular flexibility index (Phi) is 6.77. The number of halogens is 3. The molecule has 1 saturated heterocycles. The molecule has 2 N–H and O–H groups in total. The molecule has 4 heterocycles. The highest BCUT2D eigenvalue weighted by atomic mass is 19.4. The number of aliphatic hydroxyl groups is 1. The maximum absolute atomic E-state index is 13.8. The van der Waals surface area contributed by atoms with Gasteiger partial charge in [-0.25, -0.2) is 9.67 Å². The Labute approximate surface area is 218 Å². The number of imidazole rings is 1. The van der Waals surface area contributed by atoms with Crippen LogP contribution in [0.1, 0.15) is 87.7 Å². The fraction of sp³-hybridized carbons (Fsp3) is 0.720. The van der Waals surface area contributed by atoms with Gasteiger partial charge in [-0.05, 0) is 37.5 Å². The number of nitrogens with zero attached hydrogens (tertiary/aromatic N) is 6. The summed E-state index contributed by atoms with van der Waals surface area (Å²) in [4.78, 5) is 32.3. The van der Waals surface area contributed by atoms with E-state index in [1.807, 2.05) is 20.8 Å². The van der Waals surface area contributed by atoms with E-state index < -0.39 is 41.5 Å². The van der Waals surface area contributed by atoms with E-state index in [0.29, 0.717) is 24.5 Å². The van der Waals surface area contributed by atoms with Crippen LogP contribution in [0.5, 0.6) is 0 Å². The first kappa shape index (κ1) is 26.6. The second kappa shape index (κ2) is 9.65. The topological polar surface area (TPSA) is 118 Å². The summed E-state index contributed by atoms with van der Waals surface area (Å²) in [5, 5.41) is 21.5. The molecule has 2 aliphatic heterocycles. The smallest absolute Gasteiger partial charge is 0.391 e. The van der Waals surface area contributed by atoms with Crippen molar-refractivity contribution in [1.82, 2.24) is 34.8 Å². The van der Waals surface area contributed by atoms with Crippen molar-refractivity contribution in [3.8, 4) is 0 Å². The van der Waals surface area contributed by atoms with Crippen molar-refractivity contribution in [2.24, 2.45) is 5.41 Å². The summed E-state index contributed by atoms with van der Waals surface area (Å²) in [5.41, 5.74) is 0.937. The number of aliphatic hydroxyl groups excluding tert-OH is 1. The first-order valence-corrected chi connectivity index (χ1v) is 13.2. The number of β-amino-alcohol motifs (C(OH)–C–C–N with tert-alkyl or cyclic N) is 1. The van der Waals surface area contributed by atoms with Gasteiger partial charge in [0.1, 0.15) is 12.1 Å². The van der Waals surface area contributed by atoms with Crippen LogP contribution in [0.25, 0.3) is 0 Å². The highest BCUT2D eigenvalue weighted by Gasteiger charge is 2.46. The largest absolute Gasteiger partial charge is 0.449 e. The van der Waals surface area contributed by atoms with Crippen molar-refractivity contribution < 1.29 is 27.9 Å². The number of hydrogen-bond acceptors (Lipinski definition) is 6. The Balaban J connectivity index is 1.34. The monoisotopic (exact) mass is 537 g/mol. The number of amides is 2. The third kappa shape index (κ3) is 5.16. The van der Waals surface area contributed by atoms with Crippen LogP contribution in [0, 0.1) is 5.41 Å². The van der Waals surface area contributed by atoms with Crippen LogP contribution in [-0.4, -0.2) is 65.1 Å². The highest BCUT2D eigenvalue weighted by molar-refractivity contribution is 5.90. The lowest BCUT2D eigenvalue weighted by molar-refractivity contribution is -0.147. The van der Waals surface area contributed by atoms with E-state index >= 15 is 0 Å². The fourth-order valence-corrected chi connectivity index (χ4v) is 5.59. The van der Waals surface area contributed by atoms with Gasteiger partial charge in [0.05, 0.1) is 24.0 Å². The number of hydrogen-bond donors (Lipinski definition) is 2. The van der Waals surface area contributed by atoms with E-state index in [0.717, 1.165) is 25.0 Å². The van der Waals surface area contributed by atoms with Crippen LogP contribution < -0.4 is 5.32 Å². The molecule has 13 heteroatoms. The average Bonchev–Trinajstić information content (AvgIpc) is 3.26. The third-order valence-corrected chi connectivity index (χ3v) is 7.59. The van der Waals surface area contributed by atoms with E-state index in [4.69, 9.17) is 0 Å². The van der Waals surface area contributed by atoms with Crippen LogP contribution in [0.3, 0.4) is 0 Å². The first-order valence-electron chi connectivity index (χ1n) is 13.2. The number of carbonyl (C=O) groups excluding carboxylic acids is 2. The molecule has 2 aromatic rings. The van der Waals surface area contributed by atoms with Gasteiger partial charge in [-0.3, -0.25) is 9.59 Å². The van der Waals surface area contributed by atoms with Crippen LogP contribution in [0.4, 0.5) is 13.2 Å². The van der Waals surface area contributed by atoms with Gasteiger partial charge in [-0.2, -0.15) is 13.2 Å². The number of rotatable bonds is 6. The molecule has 0 spiro atoms. The zero-order valence-electron chi connectivity index (χ0n) is 21.8. The molecule has 0 bridgehead atoms. The third-order valence-electron chi connectivity index (χ3n) is 7.59. The van der Waals surface area contributed by atoms with Crippen molar-refractivity contribution >= 4 is 11.8 Å². The molecule has 1 saturated carbocycles. The normalized spacial score (nSPS) is 22.9. The van der Waals surface area contributed by atoms with E-state index in [1.165, 1.54) is 9.47 Å². The molecule has 10 nitrogen and oxygen atoms in total. The fourth-order valence-electron chi connectivity index (χ4n) is 5.59.